The third kappa shape index (κ3) is 2.41. The van der Waals surface area contributed by atoms with Gasteiger partial charge in [-0.25, -0.2) is 4.79 Å². The molecule has 94 valence electrons. The minimum atomic E-state index is -0.948. The van der Waals surface area contributed by atoms with Crippen LogP contribution in [0.5, 0.6) is 11.5 Å². The summed E-state index contributed by atoms with van der Waals surface area (Å²) in [5, 5.41) is 11.5. The van der Waals surface area contributed by atoms with E-state index in [1.165, 1.54) is 6.07 Å². The van der Waals surface area contributed by atoms with Gasteiger partial charge in [-0.05, 0) is 12.1 Å². The number of carbonyl (C=O) groups is 1. The van der Waals surface area contributed by atoms with Crippen LogP contribution >= 0.6 is 11.3 Å². The molecule has 0 aliphatic rings. The molecule has 2 heterocycles. The van der Waals surface area contributed by atoms with E-state index in [1.54, 1.807) is 11.6 Å². The fraction of sp³-hybridized carbons (Fsp3) is 0. The molecule has 0 bridgehead atoms. The highest BCUT2D eigenvalue weighted by Crippen LogP contribution is 2.28. The van der Waals surface area contributed by atoms with E-state index >= 15 is 0 Å². The fourth-order valence-corrected chi connectivity index (χ4v) is 2.37. The summed E-state index contributed by atoms with van der Waals surface area (Å²) in [6.45, 7) is 0. The van der Waals surface area contributed by atoms with E-state index in [-0.39, 0.29) is 4.88 Å². The van der Waals surface area contributed by atoms with Crippen molar-refractivity contribution in [1.82, 2.24) is 4.98 Å². The van der Waals surface area contributed by atoms with Crippen molar-refractivity contribution in [3.63, 3.8) is 0 Å². The normalized spacial score (nSPS) is 10.5. The van der Waals surface area contributed by atoms with E-state index in [4.69, 9.17) is 9.84 Å². The van der Waals surface area contributed by atoms with Crippen molar-refractivity contribution in [2.45, 2.75) is 0 Å². The minimum Gasteiger partial charge on any atom is -0.477 e. The Hall–Kier alpha value is -2.40. The maximum atomic E-state index is 10.8. The molecule has 0 unspecified atom stereocenters. The number of carboxylic acid groups (broad SMARTS) is 1. The van der Waals surface area contributed by atoms with Gasteiger partial charge in [0, 0.05) is 16.8 Å². The average Bonchev–Trinajstić information content (AvgIpc) is 2.87. The maximum absolute atomic E-state index is 10.8. The lowest BCUT2D eigenvalue weighted by atomic mass is 10.2. The molecule has 0 aliphatic carbocycles. The number of hydrogen-bond donors (Lipinski definition) is 1. The Bertz CT molecular complexity index is 751. The predicted octanol–water partition coefficient (Wildman–Crippen LogP) is 3.79. The molecular weight excluding hydrogens is 262 g/mol. The number of aromatic carboxylic acids is 1. The Labute approximate surface area is 112 Å². The highest BCUT2D eigenvalue weighted by molar-refractivity contribution is 7.12. The molecule has 0 saturated carbocycles. The molecule has 0 amide bonds. The lowest BCUT2D eigenvalue weighted by Gasteiger charge is -2.03. The Morgan fingerprint density at radius 1 is 1.21 bits per heavy atom. The molecule has 0 radical (unpaired) electrons. The molecule has 0 atom stereocenters. The predicted molar refractivity (Wildman–Crippen MR) is 73.1 cm³/mol. The molecule has 4 nitrogen and oxygen atoms in total. The molecule has 3 rings (SSSR count). The summed E-state index contributed by atoms with van der Waals surface area (Å²) in [6, 6.07) is 11.1. The zero-order valence-corrected chi connectivity index (χ0v) is 10.6. The second-order valence-corrected chi connectivity index (χ2v) is 4.83. The van der Waals surface area contributed by atoms with Crippen LogP contribution in [-0.4, -0.2) is 16.1 Å². The smallest absolute Gasteiger partial charge is 0.346 e. The van der Waals surface area contributed by atoms with Gasteiger partial charge >= 0.3 is 5.97 Å². The zero-order chi connectivity index (χ0) is 13.2. The number of pyridine rings is 1. The number of fused-ring (bicyclic) bond motifs is 1. The number of aromatic nitrogens is 1. The second kappa shape index (κ2) is 4.70. The number of para-hydroxylation sites is 1. The van der Waals surface area contributed by atoms with E-state index in [9.17, 15) is 4.79 Å². The molecule has 0 spiro atoms. The summed E-state index contributed by atoms with van der Waals surface area (Å²) in [7, 11) is 0. The lowest BCUT2D eigenvalue weighted by Crippen LogP contribution is -1.90. The summed E-state index contributed by atoms with van der Waals surface area (Å²) in [5.74, 6) is 0.157. The van der Waals surface area contributed by atoms with Crippen LogP contribution in [0.2, 0.25) is 0 Å². The Morgan fingerprint density at radius 2 is 2.05 bits per heavy atom. The summed E-state index contributed by atoms with van der Waals surface area (Å²) in [6.07, 6.45) is 1.63. The van der Waals surface area contributed by atoms with Gasteiger partial charge in [0.2, 0.25) is 0 Å². The molecule has 19 heavy (non-hydrogen) atoms. The van der Waals surface area contributed by atoms with Crippen LogP contribution in [0.4, 0.5) is 0 Å². The molecule has 3 aromatic rings. The van der Waals surface area contributed by atoms with E-state index < -0.39 is 5.97 Å². The van der Waals surface area contributed by atoms with Gasteiger partial charge < -0.3 is 9.84 Å². The Morgan fingerprint density at radius 3 is 2.84 bits per heavy atom. The van der Waals surface area contributed by atoms with Crippen molar-refractivity contribution in [3.8, 4) is 11.5 Å². The van der Waals surface area contributed by atoms with Gasteiger partial charge in [-0.2, -0.15) is 0 Å². The zero-order valence-electron chi connectivity index (χ0n) is 9.74. The number of carboxylic acids is 1. The first-order valence-electron chi connectivity index (χ1n) is 5.57. The first-order valence-corrected chi connectivity index (χ1v) is 6.45. The molecule has 1 N–H and O–H groups in total. The standard InChI is InChI=1S/C14H9NO3S/c16-14(17)13-6-11(8-19-13)18-10-5-9-3-1-2-4-12(9)15-7-10/h1-8H,(H,16,17). The molecule has 2 aromatic heterocycles. The van der Waals surface area contributed by atoms with Crippen LogP contribution in [-0.2, 0) is 0 Å². The second-order valence-electron chi connectivity index (χ2n) is 3.92. The van der Waals surface area contributed by atoms with Crippen LogP contribution < -0.4 is 4.74 Å². The van der Waals surface area contributed by atoms with Gasteiger partial charge in [0.1, 0.15) is 16.4 Å². The molecule has 1 aromatic carbocycles. The Balaban J connectivity index is 1.89. The molecule has 5 heteroatoms. The summed E-state index contributed by atoms with van der Waals surface area (Å²) in [4.78, 5) is 15.3. The quantitative estimate of drug-likeness (QED) is 0.787. The third-order valence-corrected chi connectivity index (χ3v) is 3.48. The summed E-state index contributed by atoms with van der Waals surface area (Å²) < 4.78 is 5.60. The first kappa shape index (κ1) is 11.7. The van der Waals surface area contributed by atoms with Crippen molar-refractivity contribution in [1.29, 1.82) is 0 Å². The highest BCUT2D eigenvalue weighted by Gasteiger charge is 2.08. The van der Waals surface area contributed by atoms with Crippen molar-refractivity contribution in [3.05, 3.63) is 52.9 Å². The number of thiophene rings is 1. The molecule has 0 saturated heterocycles. The first-order chi connectivity index (χ1) is 9.22. The summed E-state index contributed by atoms with van der Waals surface area (Å²) in [5.41, 5.74) is 0.895. The van der Waals surface area contributed by atoms with Gasteiger partial charge in [-0.3, -0.25) is 4.98 Å². The van der Waals surface area contributed by atoms with Gasteiger partial charge in [0.15, 0.2) is 0 Å². The van der Waals surface area contributed by atoms with Crippen LogP contribution in [0.15, 0.2) is 48.0 Å². The number of ether oxygens (including phenoxy) is 1. The third-order valence-electron chi connectivity index (χ3n) is 2.59. The SMILES string of the molecule is O=C(O)c1cc(Oc2cnc3ccccc3c2)cs1. The number of benzene rings is 1. The van der Waals surface area contributed by atoms with E-state index in [0.717, 1.165) is 22.2 Å². The maximum Gasteiger partial charge on any atom is 0.346 e. The van der Waals surface area contributed by atoms with Crippen LogP contribution in [0.25, 0.3) is 10.9 Å². The molecule has 0 fully saturated rings. The van der Waals surface area contributed by atoms with E-state index in [0.29, 0.717) is 11.5 Å². The number of rotatable bonds is 3. The van der Waals surface area contributed by atoms with Crippen LogP contribution in [0.1, 0.15) is 9.67 Å². The van der Waals surface area contributed by atoms with Crippen molar-refractivity contribution in [2.24, 2.45) is 0 Å². The topological polar surface area (TPSA) is 59.4 Å². The van der Waals surface area contributed by atoms with Crippen molar-refractivity contribution in [2.75, 3.05) is 0 Å². The van der Waals surface area contributed by atoms with Crippen molar-refractivity contribution >= 4 is 28.2 Å². The van der Waals surface area contributed by atoms with Gasteiger partial charge in [-0.1, -0.05) is 18.2 Å². The molecule has 0 aliphatic heterocycles. The van der Waals surface area contributed by atoms with Crippen LogP contribution in [0, 0.1) is 0 Å². The highest BCUT2D eigenvalue weighted by atomic mass is 32.1. The van der Waals surface area contributed by atoms with Gasteiger partial charge in [-0.15, -0.1) is 11.3 Å². The lowest BCUT2D eigenvalue weighted by molar-refractivity contribution is 0.0702. The summed E-state index contributed by atoms with van der Waals surface area (Å²) >= 11 is 1.14. The fourth-order valence-electron chi connectivity index (χ4n) is 1.73. The van der Waals surface area contributed by atoms with Crippen molar-refractivity contribution < 1.29 is 14.6 Å². The van der Waals surface area contributed by atoms with Crippen LogP contribution in [0.3, 0.4) is 0 Å². The largest absolute Gasteiger partial charge is 0.477 e. The average molecular weight is 271 g/mol. The number of nitrogens with zero attached hydrogens (tertiary/aromatic N) is 1. The van der Waals surface area contributed by atoms with Gasteiger partial charge in [0.05, 0.1) is 11.7 Å². The molecular formula is C14H9NO3S. The van der Waals surface area contributed by atoms with Gasteiger partial charge in [0.25, 0.3) is 0 Å². The number of hydrogen-bond acceptors (Lipinski definition) is 4. The van der Waals surface area contributed by atoms with E-state index in [1.807, 2.05) is 30.3 Å². The Kier molecular flexibility index (Phi) is 2.89. The van der Waals surface area contributed by atoms with E-state index in [2.05, 4.69) is 4.98 Å². The minimum absolute atomic E-state index is 0.253. The monoisotopic (exact) mass is 271 g/mol.